The van der Waals surface area contributed by atoms with Crippen LogP contribution < -0.4 is 4.72 Å². The first-order valence-electron chi connectivity index (χ1n) is 6.33. The first-order valence-corrected chi connectivity index (χ1v) is 7.98. The molecule has 0 saturated heterocycles. The minimum Gasteiger partial charge on any atom is -0.326 e. The van der Waals surface area contributed by atoms with Crippen molar-refractivity contribution in [1.29, 1.82) is 0 Å². The lowest BCUT2D eigenvalue weighted by molar-refractivity contribution is 0.599. The first kappa shape index (κ1) is 13.9. The maximum Gasteiger partial charge on any atom is 0.232 e. The fraction of sp³-hybridized carbons (Fsp3) is 0.462. The zero-order valence-corrected chi connectivity index (χ0v) is 12.5. The molecule has 0 aliphatic carbocycles. The van der Waals surface area contributed by atoms with Gasteiger partial charge in [0.1, 0.15) is 5.82 Å². The number of fused-ring (bicyclic) bond motifs is 1. The molecule has 1 N–H and O–H groups in total. The van der Waals surface area contributed by atoms with Gasteiger partial charge in [0, 0.05) is 6.04 Å². The van der Waals surface area contributed by atoms with Crippen molar-refractivity contribution in [1.82, 2.24) is 9.55 Å². The zero-order chi connectivity index (χ0) is 14.2. The Bertz CT molecular complexity index is 702. The number of benzene rings is 1. The van der Waals surface area contributed by atoms with E-state index in [0.29, 0.717) is 11.7 Å². The number of aryl methyl sites for hydroxylation is 1. The number of hydrogen-bond acceptors (Lipinski definition) is 3. The number of rotatable bonds is 4. The van der Waals surface area contributed by atoms with Crippen LogP contribution in [0.3, 0.4) is 0 Å². The lowest BCUT2D eigenvalue weighted by Gasteiger charge is -2.11. The van der Waals surface area contributed by atoms with Crippen molar-refractivity contribution in [2.24, 2.45) is 0 Å². The smallest absolute Gasteiger partial charge is 0.232 e. The van der Waals surface area contributed by atoms with E-state index in [1.165, 1.54) is 0 Å². The monoisotopic (exact) mass is 281 g/mol. The van der Waals surface area contributed by atoms with Gasteiger partial charge < -0.3 is 4.57 Å². The Labute approximate surface area is 113 Å². The van der Waals surface area contributed by atoms with Crippen molar-refractivity contribution < 1.29 is 8.42 Å². The van der Waals surface area contributed by atoms with Crippen molar-refractivity contribution in [2.45, 2.75) is 33.7 Å². The van der Waals surface area contributed by atoms with Gasteiger partial charge >= 0.3 is 0 Å². The fourth-order valence-corrected chi connectivity index (χ4v) is 2.82. The predicted molar refractivity (Wildman–Crippen MR) is 77.9 cm³/mol. The third-order valence-electron chi connectivity index (χ3n) is 3.04. The molecule has 0 atom stereocenters. The third kappa shape index (κ3) is 2.73. The molecule has 0 unspecified atom stereocenters. The maximum atomic E-state index is 11.5. The molecule has 0 spiro atoms. The minimum absolute atomic E-state index is 0.0600. The quantitative estimate of drug-likeness (QED) is 0.937. The van der Waals surface area contributed by atoms with Gasteiger partial charge in [-0.05, 0) is 45.9 Å². The summed E-state index contributed by atoms with van der Waals surface area (Å²) < 4.78 is 27.8. The molecule has 104 valence electrons. The molecule has 0 radical (unpaired) electrons. The Morgan fingerprint density at radius 3 is 2.63 bits per heavy atom. The van der Waals surface area contributed by atoms with Crippen molar-refractivity contribution in [3.63, 3.8) is 0 Å². The summed E-state index contributed by atoms with van der Waals surface area (Å²) in [5.74, 6) is 0.991. The van der Waals surface area contributed by atoms with Crippen LogP contribution in [0.1, 0.15) is 32.6 Å². The molecule has 0 amide bonds. The highest BCUT2D eigenvalue weighted by molar-refractivity contribution is 7.92. The highest BCUT2D eigenvalue weighted by Gasteiger charge is 2.12. The Hall–Kier alpha value is -1.56. The number of nitrogens with zero attached hydrogens (tertiary/aromatic N) is 2. The normalized spacial score (nSPS) is 12.3. The van der Waals surface area contributed by atoms with Crippen molar-refractivity contribution in [3.05, 3.63) is 24.0 Å². The standard InChI is InChI=1S/C13H19N3O2S/c1-5-19(17,18)15-11-6-7-13-12(8-11)14-10(4)16(13)9(2)3/h6-9,15H,5H2,1-4H3. The molecule has 19 heavy (non-hydrogen) atoms. The highest BCUT2D eigenvalue weighted by Crippen LogP contribution is 2.24. The number of sulfonamides is 1. The zero-order valence-electron chi connectivity index (χ0n) is 11.6. The maximum absolute atomic E-state index is 11.5. The van der Waals surface area contributed by atoms with Crippen LogP contribution in [0.5, 0.6) is 0 Å². The number of anilines is 1. The van der Waals surface area contributed by atoms with Gasteiger partial charge in [-0.25, -0.2) is 13.4 Å². The summed E-state index contributed by atoms with van der Waals surface area (Å²) in [6.45, 7) is 7.76. The minimum atomic E-state index is -3.25. The predicted octanol–water partition coefficient (Wildman–Crippen LogP) is 2.69. The van der Waals surface area contributed by atoms with Gasteiger partial charge in [0.25, 0.3) is 0 Å². The van der Waals surface area contributed by atoms with Gasteiger partial charge in [-0.3, -0.25) is 4.72 Å². The van der Waals surface area contributed by atoms with Gasteiger partial charge in [0.2, 0.25) is 10.0 Å². The molecule has 0 aliphatic heterocycles. The Kier molecular flexibility index (Phi) is 3.54. The second-order valence-electron chi connectivity index (χ2n) is 4.83. The summed E-state index contributed by atoms with van der Waals surface area (Å²) in [5.41, 5.74) is 2.39. The average molecular weight is 281 g/mol. The highest BCUT2D eigenvalue weighted by atomic mass is 32.2. The molecular weight excluding hydrogens is 262 g/mol. The summed E-state index contributed by atoms with van der Waals surface area (Å²) in [6.07, 6.45) is 0. The molecule has 5 nitrogen and oxygen atoms in total. The van der Waals surface area contributed by atoms with Crippen molar-refractivity contribution >= 4 is 26.7 Å². The van der Waals surface area contributed by atoms with Crippen LogP contribution in [0.25, 0.3) is 11.0 Å². The lowest BCUT2D eigenvalue weighted by Crippen LogP contribution is -2.14. The average Bonchev–Trinajstić information content (AvgIpc) is 2.63. The van der Waals surface area contributed by atoms with Gasteiger partial charge in [-0.2, -0.15) is 0 Å². The van der Waals surface area contributed by atoms with E-state index in [2.05, 4.69) is 28.1 Å². The van der Waals surface area contributed by atoms with Crippen LogP contribution in [0.4, 0.5) is 5.69 Å². The molecule has 0 aliphatic rings. The van der Waals surface area contributed by atoms with Gasteiger partial charge in [0.05, 0.1) is 22.5 Å². The van der Waals surface area contributed by atoms with E-state index < -0.39 is 10.0 Å². The van der Waals surface area contributed by atoms with Crippen molar-refractivity contribution in [2.75, 3.05) is 10.5 Å². The molecule has 0 bridgehead atoms. The summed E-state index contributed by atoms with van der Waals surface area (Å²) in [4.78, 5) is 4.48. The number of hydrogen-bond donors (Lipinski definition) is 1. The fourth-order valence-electron chi connectivity index (χ4n) is 2.19. The summed E-state index contributed by atoms with van der Waals surface area (Å²) >= 11 is 0. The van der Waals surface area contributed by atoms with Crippen LogP contribution in [-0.2, 0) is 10.0 Å². The molecule has 6 heteroatoms. The van der Waals surface area contributed by atoms with Crippen LogP contribution in [0, 0.1) is 6.92 Å². The molecule has 0 fully saturated rings. The lowest BCUT2D eigenvalue weighted by atomic mass is 10.2. The topological polar surface area (TPSA) is 64.0 Å². The number of aromatic nitrogens is 2. The van der Waals surface area contributed by atoms with E-state index in [9.17, 15) is 8.42 Å². The summed E-state index contributed by atoms with van der Waals surface area (Å²) in [7, 11) is -3.25. The van der Waals surface area contributed by atoms with Crippen LogP contribution in [0.15, 0.2) is 18.2 Å². The van der Waals surface area contributed by atoms with Gasteiger partial charge in [-0.1, -0.05) is 0 Å². The number of imidazole rings is 1. The van der Waals surface area contributed by atoms with E-state index >= 15 is 0 Å². The second-order valence-corrected chi connectivity index (χ2v) is 6.84. The second kappa shape index (κ2) is 4.85. The van der Waals surface area contributed by atoms with Gasteiger partial charge in [-0.15, -0.1) is 0 Å². The summed E-state index contributed by atoms with van der Waals surface area (Å²) in [5, 5.41) is 0. The SMILES string of the molecule is CCS(=O)(=O)Nc1ccc2c(c1)nc(C)n2C(C)C. The third-order valence-corrected chi connectivity index (χ3v) is 4.34. The molecule has 1 aromatic heterocycles. The Balaban J connectivity index is 2.48. The molecule has 2 aromatic rings. The van der Waals surface area contributed by atoms with E-state index in [4.69, 9.17) is 0 Å². The molecule has 0 saturated carbocycles. The van der Waals surface area contributed by atoms with E-state index in [-0.39, 0.29) is 5.75 Å². The number of nitrogens with one attached hydrogen (secondary N) is 1. The molecule has 1 aromatic carbocycles. The molecule has 2 rings (SSSR count). The van der Waals surface area contributed by atoms with Crippen molar-refractivity contribution in [3.8, 4) is 0 Å². The molecular formula is C13H19N3O2S. The van der Waals surface area contributed by atoms with Crippen LogP contribution >= 0.6 is 0 Å². The summed E-state index contributed by atoms with van der Waals surface area (Å²) in [6, 6.07) is 5.77. The van der Waals surface area contributed by atoms with E-state index in [0.717, 1.165) is 16.9 Å². The van der Waals surface area contributed by atoms with E-state index in [1.54, 1.807) is 19.1 Å². The van der Waals surface area contributed by atoms with Crippen LogP contribution in [-0.4, -0.2) is 23.7 Å². The molecule has 1 heterocycles. The van der Waals surface area contributed by atoms with Gasteiger partial charge in [0.15, 0.2) is 0 Å². The Morgan fingerprint density at radius 2 is 2.05 bits per heavy atom. The van der Waals surface area contributed by atoms with E-state index in [1.807, 2.05) is 13.0 Å². The first-order chi connectivity index (χ1) is 8.84. The Morgan fingerprint density at radius 1 is 1.37 bits per heavy atom. The largest absolute Gasteiger partial charge is 0.326 e. The van der Waals surface area contributed by atoms with Crippen LogP contribution in [0.2, 0.25) is 0 Å².